The van der Waals surface area contributed by atoms with E-state index in [1.807, 2.05) is 36.5 Å². The lowest BCUT2D eigenvalue weighted by atomic mass is 10.1. The van der Waals surface area contributed by atoms with Gasteiger partial charge in [0.2, 0.25) is 0 Å². The third-order valence-electron chi connectivity index (χ3n) is 2.26. The maximum absolute atomic E-state index is 11.8. The second-order valence-electron chi connectivity index (χ2n) is 3.55. The molecule has 3 heteroatoms. The highest BCUT2D eigenvalue weighted by Crippen LogP contribution is 2.24. The summed E-state index contributed by atoms with van der Waals surface area (Å²) in [6.07, 6.45) is 2.05. The van der Waals surface area contributed by atoms with Crippen molar-refractivity contribution in [2.75, 3.05) is 12.4 Å². The van der Waals surface area contributed by atoms with Gasteiger partial charge in [-0.1, -0.05) is 30.3 Å². The number of benzene rings is 1. The van der Waals surface area contributed by atoms with E-state index in [1.165, 1.54) is 4.91 Å². The summed E-state index contributed by atoms with van der Waals surface area (Å²) < 4.78 is 0. The maximum atomic E-state index is 11.8. The molecule has 0 aliphatic carbocycles. The maximum Gasteiger partial charge on any atom is 0.182 e. The molecule has 2 rings (SSSR count). The fourth-order valence-electron chi connectivity index (χ4n) is 1.51. The van der Waals surface area contributed by atoms with Crippen molar-refractivity contribution in [2.45, 2.75) is 6.92 Å². The molecule has 0 radical (unpaired) electrons. The first-order valence-corrected chi connectivity index (χ1v) is 5.88. The Kier molecular flexibility index (Phi) is 3.11. The number of hydrogen-bond donors (Lipinski definition) is 0. The zero-order valence-electron chi connectivity index (χ0n) is 8.64. The molecule has 1 aliphatic rings. The summed E-state index contributed by atoms with van der Waals surface area (Å²) in [6, 6.07) is 9.44. The minimum Gasteiger partial charge on any atom is -0.360 e. The minimum atomic E-state index is 0.183. The molecule has 0 bridgehead atoms. The molecule has 2 nitrogen and oxygen atoms in total. The van der Waals surface area contributed by atoms with Gasteiger partial charge in [0.25, 0.3) is 0 Å². The molecule has 0 atom stereocenters. The molecule has 78 valence electrons. The SMILES string of the molecule is CC1=CN(CC(=O)c2ccccc2)CS1. The highest BCUT2D eigenvalue weighted by molar-refractivity contribution is 8.03. The molecule has 15 heavy (non-hydrogen) atoms. The van der Waals surface area contributed by atoms with E-state index in [-0.39, 0.29) is 5.78 Å². The molecule has 0 aromatic heterocycles. The molecule has 0 N–H and O–H groups in total. The zero-order chi connectivity index (χ0) is 10.7. The highest BCUT2D eigenvalue weighted by Gasteiger charge is 2.14. The van der Waals surface area contributed by atoms with Crippen LogP contribution in [0.25, 0.3) is 0 Å². The molecule has 0 unspecified atom stereocenters. The lowest BCUT2D eigenvalue weighted by Crippen LogP contribution is -2.22. The fourth-order valence-corrected chi connectivity index (χ4v) is 2.27. The Morgan fingerprint density at radius 2 is 2.13 bits per heavy atom. The molecule has 1 aromatic rings. The summed E-state index contributed by atoms with van der Waals surface area (Å²) in [5, 5.41) is 0. The molecule has 0 saturated carbocycles. The van der Waals surface area contributed by atoms with E-state index in [1.54, 1.807) is 11.8 Å². The van der Waals surface area contributed by atoms with E-state index in [2.05, 4.69) is 11.8 Å². The van der Waals surface area contributed by atoms with Gasteiger partial charge in [-0.2, -0.15) is 0 Å². The predicted octanol–water partition coefficient (Wildman–Crippen LogP) is 2.74. The van der Waals surface area contributed by atoms with Crippen molar-refractivity contribution in [3.8, 4) is 0 Å². The Bertz CT molecular complexity index is 386. The van der Waals surface area contributed by atoms with Crippen molar-refractivity contribution in [1.29, 1.82) is 0 Å². The number of allylic oxidation sites excluding steroid dienone is 1. The summed E-state index contributed by atoms with van der Waals surface area (Å²) >= 11 is 1.78. The van der Waals surface area contributed by atoms with Crippen LogP contribution in [0.3, 0.4) is 0 Å². The van der Waals surface area contributed by atoms with Crippen LogP contribution in [0.15, 0.2) is 41.4 Å². The van der Waals surface area contributed by atoms with Gasteiger partial charge in [0.05, 0.1) is 12.4 Å². The van der Waals surface area contributed by atoms with Gasteiger partial charge in [-0.25, -0.2) is 0 Å². The fraction of sp³-hybridized carbons (Fsp3) is 0.250. The Morgan fingerprint density at radius 1 is 1.40 bits per heavy atom. The number of carbonyl (C=O) groups is 1. The lowest BCUT2D eigenvalue weighted by molar-refractivity contribution is 0.0963. The lowest BCUT2D eigenvalue weighted by Gasteiger charge is -2.12. The van der Waals surface area contributed by atoms with Gasteiger partial charge < -0.3 is 4.90 Å². The summed E-state index contributed by atoms with van der Waals surface area (Å²) in [4.78, 5) is 15.2. The Balaban J connectivity index is 1.99. The van der Waals surface area contributed by atoms with Crippen molar-refractivity contribution in [3.05, 3.63) is 47.0 Å². The Labute approximate surface area is 94.0 Å². The smallest absolute Gasteiger partial charge is 0.182 e. The molecule has 0 spiro atoms. The van der Waals surface area contributed by atoms with E-state index in [9.17, 15) is 4.79 Å². The van der Waals surface area contributed by atoms with Gasteiger partial charge in [-0.3, -0.25) is 4.79 Å². The van der Waals surface area contributed by atoms with Gasteiger partial charge >= 0.3 is 0 Å². The number of thioether (sulfide) groups is 1. The monoisotopic (exact) mass is 219 g/mol. The number of nitrogens with zero attached hydrogens (tertiary/aromatic N) is 1. The average molecular weight is 219 g/mol. The number of rotatable bonds is 3. The molecule has 1 aromatic carbocycles. The number of carbonyl (C=O) groups excluding carboxylic acids is 1. The molecule has 0 saturated heterocycles. The summed E-state index contributed by atoms with van der Waals surface area (Å²) in [6.45, 7) is 2.55. The largest absolute Gasteiger partial charge is 0.360 e. The van der Waals surface area contributed by atoms with Gasteiger partial charge in [0, 0.05) is 11.8 Å². The molecular formula is C12H13NOS. The van der Waals surface area contributed by atoms with E-state index in [0.717, 1.165) is 11.4 Å². The van der Waals surface area contributed by atoms with Crippen LogP contribution in [0.1, 0.15) is 17.3 Å². The van der Waals surface area contributed by atoms with Gasteiger partial charge in [0.15, 0.2) is 5.78 Å². The third-order valence-corrected chi connectivity index (χ3v) is 3.29. The van der Waals surface area contributed by atoms with Crippen LogP contribution < -0.4 is 0 Å². The van der Waals surface area contributed by atoms with E-state index in [4.69, 9.17) is 0 Å². The predicted molar refractivity (Wildman–Crippen MR) is 63.7 cm³/mol. The normalized spacial score (nSPS) is 15.3. The van der Waals surface area contributed by atoms with Crippen molar-refractivity contribution in [1.82, 2.24) is 4.90 Å². The van der Waals surface area contributed by atoms with Crippen LogP contribution in [-0.4, -0.2) is 23.1 Å². The van der Waals surface area contributed by atoms with E-state index in [0.29, 0.717) is 6.54 Å². The number of hydrogen-bond acceptors (Lipinski definition) is 3. The molecule has 1 aliphatic heterocycles. The van der Waals surface area contributed by atoms with Crippen LogP contribution >= 0.6 is 11.8 Å². The van der Waals surface area contributed by atoms with Crippen LogP contribution in [0.4, 0.5) is 0 Å². The van der Waals surface area contributed by atoms with E-state index < -0.39 is 0 Å². The zero-order valence-corrected chi connectivity index (χ0v) is 9.46. The molecule has 1 heterocycles. The third kappa shape index (κ3) is 2.63. The van der Waals surface area contributed by atoms with Crippen LogP contribution in [0.2, 0.25) is 0 Å². The molecule has 0 fully saturated rings. The van der Waals surface area contributed by atoms with Crippen molar-refractivity contribution in [2.24, 2.45) is 0 Å². The number of Topliss-reactive ketones (excluding diaryl/α,β-unsaturated/α-hetero) is 1. The van der Waals surface area contributed by atoms with Gasteiger partial charge in [-0.15, -0.1) is 11.8 Å². The first-order chi connectivity index (χ1) is 7.25. The Hall–Kier alpha value is -1.22. The topological polar surface area (TPSA) is 20.3 Å². The standard InChI is InChI=1S/C12H13NOS/c1-10-7-13(9-15-10)8-12(14)11-5-3-2-4-6-11/h2-7H,8-9H2,1H3. The van der Waals surface area contributed by atoms with Gasteiger partial charge in [0.1, 0.15) is 0 Å². The summed E-state index contributed by atoms with van der Waals surface area (Å²) in [7, 11) is 0. The van der Waals surface area contributed by atoms with Crippen LogP contribution in [0, 0.1) is 0 Å². The molecule has 0 amide bonds. The van der Waals surface area contributed by atoms with Crippen LogP contribution in [-0.2, 0) is 0 Å². The quantitative estimate of drug-likeness (QED) is 0.729. The average Bonchev–Trinajstić information content (AvgIpc) is 2.65. The second kappa shape index (κ2) is 4.53. The first-order valence-electron chi connectivity index (χ1n) is 4.89. The molecular weight excluding hydrogens is 206 g/mol. The van der Waals surface area contributed by atoms with Crippen molar-refractivity contribution >= 4 is 17.5 Å². The van der Waals surface area contributed by atoms with Crippen molar-refractivity contribution in [3.63, 3.8) is 0 Å². The minimum absolute atomic E-state index is 0.183. The van der Waals surface area contributed by atoms with Gasteiger partial charge in [-0.05, 0) is 11.8 Å². The number of ketones is 1. The second-order valence-corrected chi connectivity index (χ2v) is 4.74. The first kappa shape index (κ1) is 10.3. The van der Waals surface area contributed by atoms with Crippen molar-refractivity contribution < 1.29 is 4.79 Å². The van der Waals surface area contributed by atoms with Crippen LogP contribution in [0.5, 0.6) is 0 Å². The van der Waals surface area contributed by atoms with E-state index >= 15 is 0 Å². The summed E-state index contributed by atoms with van der Waals surface area (Å²) in [5.41, 5.74) is 0.792. The Morgan fingerprint density at radius 3 is 2.73 bits per heavy atom. The highest BCUT2D eigenvalue weighted by atomic mass is 32.2. The summed E-state index contributed by atoms with van der Waals surface area (Å²) in [5.74, 6) is 1.08.